The number of rotatable bonds is 5. The third-order valence-electron chi connectivity index (χ3n) is 2.87. The number of nitrogens with two attached hydrogens (primary N) is 1. The van der Waals surface area contributed by atoms with Crippen LogP contribution in [0.1, 0.15) is 38.3 Å². The zero-order valence-corrected chi connectivity index (χ0v) is 11.2. The summed E-state index contributed by atoms with van der Waals surface area (Å²) < 4.78 is 26.9. The maximum atomic E-state index is 13.6. The van der Waals surface area contributed by atoms with Gasteiger partial charge in [-0.25, -0.2) is 8.78 Å². The fraction of sp³-hybridized carbons (Fsp3) is 0.538. The van der Waals surface area contributed by atoms with Crippen LogP contribution in [0.4, 0.5) is 8.78 Å². The minimum atomic E-state index is -1.02. The molecule has 1 rings (SSSR count). The molecule has 0 aliphatic carbocycles. The second-order valence-electron chi connectivity index (χ2n) is 4.82. The summed E-state index contributed by atoms with van der Waals surface area (Å²) in [7, 11) is 0. The molecule has 0 aliphatic heterocycles. The molecule has 1 aromatic carbocycles. The molecule has 0 fully saturated rings. The molecular weight excluding hydrogens is 260 g/mol. The molecule has 0 spiro atoms. The lowest BCUT2D eigenvalue weighted by atomic mass is 9.95. The van der Waals surface area contributed by atoms with E-state index in [0.717, 1.165) is 18.6 Å². The Balaban J connectivity index is 2.89. The molecule has 0 saturated heterocycles. The quantitative estimate of drug-likeness (QED) is 0.810. The number of hydrogen-bond donors (Lipinski definition) is 2. The smallest absolute Gasteiger partial charge is 0.142 e. The molecule has 3 N–H and O–H groups in total. The minimum absolute atomic E-state index is 0.159. The Kier molecular flexibility index (Phi) is 5.50. The van der Waals surface area contributed by atoms with Gasteiger partial charge in [0.05, 0.1) is 17.2 Å². The molecule has 0 saturated carbocycles. The maximum Gasteiger partial charge on any atom is 0.142 e. The van der Waals surface area contributed by atoms with Crippen molar-refractivity contribution < 1.29 is 13.9 Å². The number of hydrogen-bond acceptors (Lipinski definition) is 2. The van der Waals surface area contributed by atoms with Crippen LogP contribution in [-0.4, -0.2) is 11.2 Å². The first-order chi connectivity index (χ1) is 8.34. The van der Waals surface area contributed by atoms with Crippen LogP contribution in [0.2, 0.25) is 5.02 Å². The van der Waals surface area contributed by atoms with Crippen LogP contribution in [0, 0.1) is 17.6 Å². The summed E-state index contributed by atoms with van der Waals surface area (Å²) in [5.74, 6) is -1.03. The molecule has 5 heteroatoms. The van der Waals surface area contributed by atoms with E-state index in [-0.39, 0.29) is 10.6 Å². The highest BCUT2D eigenvalue weighted by molar-refractivity contribution is 6.31. The molecular formula is C13H18ClF2NO. The molecule has 0 amide bonds. The van der Waals surface area contributed by atoms with Crippen LogP contribution in [-0.2, 0) is 0 Å². The highest BCUT2D eigenvalue weighted by Crippen LogP contribution is 2.30. The van der Waals surface area contributed by atoms with Gasteiger partial charge in [0.2, 0.25) is 0 Å². The van der Waals surface area contributed by atoms with Crippen molar-refractivity contribution in [3.05, 3.63) is 34.4 Å². The normalized spacial score (nSPS) is 14.9. The Hall–Kier alpha value is -0.710. The van der Waals surface area contributed by atoms with Gasteiger partial charge in [-0.3, -0.25) is 0 Å². The van der Waals surface area contributed by atoms with Gasteiger partial charge in [-0.15, -0.1) is 0 Å². The van der Waals surface area contributed by atoms with Crippen molar-refractivity contribution in [1.29, 1.82) is 0 Å². The lowest BCUT2D eigenvalue weighted by Gasteiger charge is -2.21. The van der Waals surface area contributed by atoms with E-state index in [9.17, 15) is 13.9 Å². The van der Waals surface area contributed by atoms with Gasteiger partial charge < -0.3 is 10.8 Å². The number of benzene rings is 1. The van der Waals surface area contributed by atoms with Gasteiger partial charge in [-0.2, -0.15) is 0 Å². The van der Waals surface area contributed by atoms with Crippen molar-refractivity contribution in [2.24, 2.45) is 11.7 Å². The standard InChI is InChI=1S/C13H18ClF2NO/c1-7(2)3-6-10(18)13(17)11-8(15)4-5-9(16)12(11)14/h4-5,7,10,13,18H,3,6,17H2,1-2H3/t10-,13-/m0/s1. The number of halogens is 3. The molecule has 0 aromatic heterocycles. The predicted molar refractivity (Wildman–Crippen MR) is 68.4 cm³/mol. The molecule has 2 nitrogen and oxygen atoms in total. The molecule has 2 atom stereocenters. The van der Waals surface area contributed by atoms with E-state index in [1.54, 1.807) is 0 Å². The van der Waals surface area contributed by atoms with Crippen molar-refractivity contribution in [1.82, 2.24) is 0 Å². The van der Waals surface area contributed by atoms with Gasteiger partial charge in [-0.1, -0.05) is 25.4 Å². The average molecular weight is 278 g/mol. The Morgan fingerprint density at radius 2 is 1.78 bits per heavy atom. The summed E-state index contributed by atoms with van der Waals surface area (Å²) in [6.45, 7) is 4.02. The van der Waals surface area contributed by atoms with E-state index in [4.69, 9.17) is 17.3 Å². The molecule has 1 aromatic rings. The lowest BCUT2D eigenvalue weighted by Crippen LogP contribution is -2.28. The van der Waals surface area contributed by atoms with Crippen LogP contribution < -0.4 is 5.73 Å². The third kappa shape index (κ3) is 3.64. The van der Waals surface area contributed by atoms with Gasteiger partial charge in [-0.05, 0) is 30.9 Å². The van der Waals surface area contributed by atoms with Gasteiger partial charge in [0, 0.05) is 5.56 Å². The van der Waals surface area contributed by atoms with Gasteiger partial charge in [0.15, 0.2) is 0 Å². The first-order valence-electron chi connectivity index (χ1n) is 5.91. The van der Waals surface area contributed by atoms with Crippen LogP contribution in [0.3, 0.4) is 0 Å². The second kappa shape index (κ2) is 6.45. The van der Waals surface area contributed by atoms with E-state index < -0.39 is 23.8 Å². The molecule has 0 unspecified atom stereocenters. The molecule has 0 radical (unpaired) electrons. The van der Waals surface area contributed by atoms with E-state index in [2.05, 4.69) is 0 Å². The average Bonchev–Trinajstić information content (AvgIpc) is 2.31. The highest BCUT2D eigenvalue weighted by atomic mass is 35.5. The Morgan fingerprint density at radius 3 is 2.33 bits per heavy atom. The topological polar surface area (TPSA) is 46.2 Å². The summed E-state index contributed by atoms with van der Waals surface area (Å²) in [6, 6.07) is 0.881. The van der Waals surface area contributed by atoms with E-state index >= 15 is 0 Å². The summed E-state index contributed by atoms with van der Waals surface area (Å²) in [5, 5.41) is 9.53. The van der Waals surface area contributed by atoms with Crippen molar-refractivity contribution in [2.45, 2.75) is 38.8 Å². The van der Waals surface area contributed by atoms with Gasteiger partial charge in [0.25, 0.3) is 0 Å². The van der Waals surface area contributed by atoms with Crippen LogP contribution in [0.25, 0.3) is 0 Å². The van der Waals surface area contributed by atoms with Crippen molar-refractivity contribution in [3.8, 4) is 0 Å². The second-order valence-corrected chi connectivity index (χ2v) is 5.20. The summed E-state index contributed by atoms with van der Waals surface area (Å²) in [4.78, 5) is 0. The molecule has 18 heavy (non-hydrogen) atoms. The zero-order chi connectivity index (χ0) is 13.9. The van der Waals surface area contributed by atoms with Crippen molar-refractivity contribution in [3.63, 3.8) is 0 Å². The van der Waals surface area contributed by atoms with Crippen molar-refractivity contribution in [2.75, 3.05) is 0 Å². The van der Waals surface area contributed by atoms with E-state index in [0.29, 0.717) is 12.3 Å². The zero-order valence-electron chi connectivity index (χ0n) is 10.5. The van der Waals surface area contributed by atoms with Crippen LogP contribution in [0.15, 0.2) is 12.1 Å². The maximum absolute atomic E-state index is 13.6. The van der Waals surface area contributed by atoms with Gasteiger partial charge >= 0.3 is 0 Å². The van der Waals surface area contributed by atoms with E-state index in [1.165, 1.54) is 0 Å². The molecule has 0 heterocycles. The Bertz CT molecular complexity index is 412. The molecule has 0 bridgehead atoms. The van der Waals surface area contributed by atoms with E-state index in [1.807, 2.05) is 13.8 Å². The largest absolute Gasteiger partial charge is 0.391 e. The Labute approximate surface area is 111 Å². The monoisotopic (exact) mass is 277 g/mol. The first kappa shape index (κ1) is 15.3. The molecule has 0 aliphatic rings. The SMILES string of the molecule is CC(C)CC[C@H](O)[C@H](N)c1c(F)ccc(F)c1Cl. The highest BCUT2D eigenvalue weighted by Gasteiger charge is 2.24. The minimum Gasteiger partial charge on any atom is -0.391 e. The lowest BCUT2D eigenvalue weighted by molar-refractivity contribution is 0.126. The first-order valence-corrected chi connectivity index (χ1v) is 6.29. The summed E-state index contributed by atoms with van der Waals surface area (Å²) in [5.41, 5.74) is 5.59. The number of aliphatic hydroxyl groups excluding tert-OH is 1. The predicted octanol–water partition coefficient (Wildman–Crippen LogP) is 3.42. The summed E-state index contributed by atoms with van der Waals surface area (Å²) in [6.07, 6.45) is 0.232. The van der Waals surface area contributed by atoms with Gasteiger partial charge in [0.1, 0.15) is 11.6 Å². The fourth-order valence-corrected chi connectivity index (χ4v) is 2.00. The van der Waals surface area contributed by atoms with Crippen LogP contribution in [0.5, 0.6) is 0 Å². The fourth-order valence-electron chi connectivity index (χ4n) is 1.72. The summed E-state index contributed by atoms with van der Waals surface area (Å²) >= 11 is 5.69. The third-order valence-corrected chi connectivity index (χ3v) is 3.25. The number of aliphatic hydroxyl groups is 1. The van der Waals surface area contributed by atoms with Crippen molar-refractivity contribution >= 4 is 11.6 Å². The Morgan fingerprint density at radius 1 is 1.22 bits per heavy atom. The van der Waals surface area contributed by atoms with Crippen LogP contribution >= 0.6 is 11.6 Å². The molecule has 102 valence electrons.